The van der Waals surface area contributed by atoms with E-state index in [4.69, 9.17) is 9.84 Å². The first-order valence-corrected chi connectivity index (χ1v) is 2.87. The molecule has 1 aliphatic rings. The fraction of sp³-hybridized carbons (Fsp3) is 0.500. The molecule has 0 saturated carbocycles. The highest BCUT2D eigenvalue weighted by Gasteiger charge is 2.10. The molecule has 0 amide bonds. The molecule has 0 aromatic heterocycles. The number of hydrogen-bond donors (Lipinski definition) is 1. The van der Waals surface area contributed by atoms with E-state index in [1.165, 1.54) is 0 Å². The van der Waals surface area contributed by atoms with E-state index >= 15 is 0 Å². The molecule has 1 aliphatic heterocycles. The molecule has 0 atom stereocenters. The predicted molar refractivity (Wildman–Crippen MR) is 41.7 cm³/mol. The van der Waals surface area contributed by atoms with Gasteiger partial charge in [-0.05, 0) is 18.9 Å². The fourth-order valence-corrected chi connectivity index (χ4v) is 0.707. The van der Waals surface area contributed by atoms with Crippen molar-refractivity contribution in [3.63, 3.8) is 0 Å². The van der Waals surface area contributed by atoms with Crippen molar-refractivity contribution < 1.29 is 31.1 Å². The van der Waals surface area contributed by atoms with Gasteiger partial charge in [-0.15, -0.1) is 0 Å². The minimum Gasteiger partial charge on any atom is -0.487 e. The van der Waals surface area contributed by atoms with E-state index in [1.54, 1.807) is 6.08 Å². The van der Waals surface area contributed by atoms with Crippen LogP contribution in [0.4, 0.5) is 0 Å². The van der Waals surface area contributed by atoms with E-state index in [1.807, 2.05) is 0 Å². The topological polar surface area (TPSA) is 141 Å². The van der Waals surface area contributed by atoms with Crippen molar-refractivity contribution in [3.8, 4) is 0 Å². The SMILES string of the molecule is O.O.O.O=C(O)C1=CCCCO1. The second kappa shape index (κ2) is 7.99. The van der Waals surface area contributed by atoms with Crippen LogP contribution >= 0.6 is 0 Å². The molecule has 6 heteroatoms. The number of carbonyl (C=O) groups is 1. The predicted octanol–water partition coefficient (Wildman–Crippen LogP) is -1.71. The summed E-state index contributed by atoms with van der Waals surface area (Å²) in [5.74, 6) is -0.865. The Hall–Kier alpha value is -1.11. The van der Waals surface area contributed by atoms with Crippen LogP contribution in [0.1, 0.15) is 12.8 Å². The Kier molecular flexibility index (Phi) is 11.4. The number of ether oxygens (including phenoxy) is 1. The van der Waals surface area contributed by atoms with E-state index in [-0.39, 0.29) is 22.2 Å². The highest BCUT2D eigenvalue weighted by Crippen LogP contribution is 2.08. The van der Waals surface area contributed by atoms with Crippen LogP contribution in [0.3, 0.4) is 0 Å². The molecule has 0 unspecified atom stereocenters. The van der Waals surface area contributed by atoms with Gasteiger partial charge in [0.2, 0.25) is 0 Å². The largest absolute Gasteiger partial charge is 0.487 e. The molecule has 0 saturated heterocycles. The van der Waals surface area contributed by atoms with Crippen molar-refractivity contribution >= 4 is 5.97 Å². The Balaban J connectivity index is -0.000000270. The van der Waals surface area contributed by atoms with Crippen LogP contribution < -0.4 is 0 Å². The number of carboxylic acids is 1. The molecule has 6 nitrogen and oxygen atoms in total. The average Bonchev–Trinajstić information content (AvgIpc) is 1.90. The summed E-state index contributed by atoms with van der Waals surface area (Å²) in [6, 6.07) is 0. The summed E-state index contributed by atoms with van der Waals surface area (Å²) in [6.07, 6.45) is 3.35. The second-order valence-electron chi connectivity index (χ2n) is 1.86. The van der Waals surface area contributed by atoms with Crippen LogP contribution in [-0.2, 0) is 9.53 Å². The summed E-state index contributed by atoms with van der Waals surface area (Å²) in [7, 11) is 0. The number of rotatable bonds is 1. The molecule has 0 spiro atoms. The molecule has 0 fully saturated rings. The smallest absolute Gasteiger partial charge is 0.370 e. The first-order valence-electron chi connectivity index (χ1n) is 2.87. The third-order valence-corrected chi connectivity index (χ3v) is 1.15. The van der Waals surface area contributed by atoms with Crippen molar-refractivity contribution in [2.75, 3.05) is 6.61 Å². The Morgan fingerprint density at radius 2 is 2.00 bits per heavy atom. The zero-order valence-corrected chi connectivity index (χ0v) is 6.46. The maximum atomic E-state index is 10.2. The van der Waals surface area contributed by atoms with Crippen molar-refractivity contribution in [1.29, 1.82) is 0 Å². The summed E-state index contributed by atoms with van der Waals surface area (Å²) in [5.41, 5.74) is 0. The van der Waals surface area contributed by atoms with E-state index in [9.17, 15) is 4.79 Å². The fourth-order valence-electron chi connectivity index (χ4n) is 0.707. The highest BCUT2D eigenvalue weighted by molar-refractivity contribution is 5.84. The van der Waals surface area contributed by atoms with Gasteiger partial charge in [0.05, 0.1) is 6.61 Å². The Morgan fingerprint density at radius 1 is 1.42 bits per heavy atom. The lowest BCUT2D eigenvalue weighted by molar-refractivity contribution is -0.136. The van der Waals surface area contributed by atoms with Gasteiger partial charge in [0.15, 0.2) is 5.76 Å². The van der Waals surface area contributed by atoms with E-state index in [2.05, 4.69) is 0 Å². The van der Waals surface area contributed by atoms with Crippen LogP contribution in [0.15, 0.2) is 11.8 Å². The lowest BCUT2D eigenvalue weighted by Crippen LogP contribution is -2.09. The van der Waals surface area contributed by atoms with Crippen LogP contribution in [-0.4, -0.2) is 34.1 Å². The van der Waals surface area contributed by atoms with Crippen molar-refractivity contribution in [1.82, 2.24) is 0 Å². The maximum absolute atomic E-state index is 10.2. The summed E-state index contributed by atoms with van der Waals surface area (Å²) in [5, 5.41) is 8.34. The first-order chi connectivity index (χ1) is 4.30. The standard InChI is InChI=1S/C6H8O3.3H2O/c7-6(8)5-3-1-2-4-9-5;;;/h3H,1-2,4H2,(H,7,8);3*1H2. The molecule has 0 bridgehead atoms. The molecule has 1 heterocycles. The zero-order chi connectivity index (χ0) is 6.69. The first kappa shape index (κ1) is 17.1. The molecule has 7 N–H and O–H groups in total. The Bertz CT molecular complexity index is 152. The highest BCUT2D eigenvalue weighted by atomic mass is 16.5. The van der Waals surface area contributed by atoms with Gasteiger partial charge < -0.3 is 26.3 Å². The molecule has 0 aromatic rings. The van der Waals surface area contributed by atoms with Crippen molar-refractivity contribution in [3.05, 3.63) is 11.8 Å². The average molecular weight is 182 g/mol. The quantitative estimate of drug-likeness (QED) is 0.515. The lowest BCUT2D eigenvalue weighted by atomic mass is 10.2. The monoisotopic (exact) mass is 182 g/mol. The van der Waals surface area contributed by atoms with Crippen molar-refractivity contribution in [2.24, 2.45) is 0 Å². The number of allylic oxidation sites excluding steroid dienone is 1. The van der Waals surface area contributed by atoms with Crippen LogP contribution in [0.25, 0.3) is 0 Å². The number of aliphatic carboxylic acids is 1. The van der Waals surface area contributed by atoms with Gasteiger partial charge in [0.1, 0.15) is 0 Å². The van der Waals surface area contributed by atoms with Gasteiger partial charge in [-0.2, -0.15) is 0 Å². The minimum absolute atomic E-state index is 0. The second-order valence-corrected chi connectivity index (χ2v) is 1.86. The van der Waals surface area contributed by atoms with E-state index < -0.39 is 5.97 Å². The molecule has 0 aliphatic carbocycles. The van der Waals surface area contributed by atoms with Gasteiger partial charge >= 0.3 is 5.97 Å². The molecular formula is C6H14O6. The summed E-state index contributed by atoms with van der Waals surface area (Å²) < 4.78 is 4.80. The normalized spacial score (nSPS) is 13.5. The lowest BCUT2D eigenvalue weighted by Gasteiger charge is -2.09. The van der Waals surface area contributed by atoms with E-state index in [0.29, 0.717) is 6.61 Å². The van der Waals surface area contributed by atoms with Gasteiger partial charge in [-0.25, -0.2) is 4.79 Å². The third-order valence-electron chi connectivity index (χ3n) is 1.15. The van der Waals surface area contributed by atoms with Gasteiger partial charge in [0, 0.05) is 0 Å². The molecular weight excluding hydrogens is 168 g/mol. The number of carboxylic acid groups (broad SMARTS) is 1. The maximum Gasteiger partial charge on any atom is 0.370 e. The van der Waals surface area contributed by atoms with Gasteiger partial charge in [-0.3, -0.25) is 0 Å². The van der Waals surface area contributed by atoms with Crippen LogP contribution in [0.5, 0.6) is 0 Å². The third kappa shape index (κ3) is 4.67. The Morgan fingerprint density at radius 3 is 2.25 bits per heavy atom. The molecule has 74 valence electrons. The number of hydrogen-bond acceptors (Lipinski definition) is 2. The van der Waals surface area contributed by atoms with Crippen molar-refractivity contribution in [2.45, 2.75) is 12.8 Å². The minimum atomic E-state index is -0.963. The van der Waals surface area contributed by atoms with Crippen LogP contribution in [0, 0.1) is 0 Å². The molecule has 0 aromatic carbocycles. The molecule has 1 rings (SSSR count). The molecule has 0 radical (unpaired) electrons. The summed E-state index contributed by atoms with van der Waals surface area (Å²) in [4.78, 5) is 10.2. The summed E-state index contributed by atoms with van der Waals surface area (Å²) in [6.45, 7) is 0.540. The van der Waals surface area contributed by atoms with Crippen LogP contribution in [0.2, 0.25) is 0 Å². The summed E-state index contributed by atoms with van der Waals surface area (Å²) >= 11 is 0. The Labute approximate surface area is 69.4 Å². The van der Waals surface area contributed by atoms with Gasteiger partial charge in [-0.1, -0.05) is 0 Å². The zero-order valence-electron chi connectivity index (χ0n) is 6.46. The van der Waals surface area contributed by atoms with E-state index in [0.717, 1.165) is 12.8 Å². The molecule has 12 heavy (non-hydrogen) atoms. The van der Waals surface area contributed by atoms with Gasteiger partial charge in [0.25, 0.3) is 0 Å².